The number of carbonyl (C=O) groups excluding carboxylic acids is 2. The first-order valence-electron chi connectivity index (χ1n) is 9.76. The van der Waals surface area contributed by atoms with Crippen molar-refractivity contribution in [1.29, 1.82) is 0 Å². The molecule has 13 heteroatoms. The van der Waals surface area contributed by atoms with Crippen molar-refractivity contribution in [2.75, 3.05) is 44.7 Å². The highest BCUT2D eigenvalue weighted by molar-refractivity contribution is 7.80. The molecule has 2 aromatic rings. The van der Waals surface area contributed by atoms with Gasteiger partial charge in [0.1, 0.15) is 29.1 Å². The van der Waals surface area contributed by atoms with Gasteiger partial charge in [-0.1, -0.05) is 0 Å². The Hall–Kier alpha value is -3.35. The lowest BCUT2D eigenvalue weighted by molar-refractivity contribution is -0.132. The smallest absolute Gasteiger partial charge is 0.257 e. The molecule has 3 N–H and O–H groups in total. The maximum Gasteiger partial charge on any atom is 0.257 e. The summed E-state index contributed by atoms with van der Waals surface area (Å²) in [4.78, 5) is 26.2. The number of benzene rings is 1. The van der Waals surface area contributed by atoms with E-state index in [0.717, 1.165) is 0 Å². The lowest BCUT2D eigenvalue weighted by atomic mass is 10.0. The standard InChI is InChI=1S/C19H23F2N7O3S/c1-11(29)22-10-16(30)27-3-5-28(6-4-27)18-13(20)7-12(8-14(18)21)17(24-19(32)31-2)15-9-23-26-25-15/h7-9,17H,3-6,10H2,1-2H3,(H,22,29)(H,24,32)(H,23,25,26). The van der Waals surface area contributed by atoms with Crippen LogP contribution in [0.3, 0.4) is 0 Å². The van der Waals surface area contributed by atoms with E-state index in [2.05, 4.69) is 26.0 Å². The molecule has 32 heavy (non-hydrogen) atoms. The van der Waals surface area contributed by atoms with Crippen LogP contribution in [0.25, 0.3) is 0 Å². The lowest BCUT2D eigenvalue weighted by Crippen LogP contribution is -2.51. The lowest BCUT2D eigenvalue weighted by Gasteiger charge is -2.36. The van der Waals surface area contributed by atoms with Gasteiger partial charge < -0.3 is 25.2 Å². The van der Waals surface area contributed by atoms with E-state index in [1.807, 2.05) is 0 Å². The van der Waals surface area contributed by atoms with Gasteiger partial charge in [0.15, 0.2) is 0 Å². The zero-order chi connectivity index (χ0) is 23.3. The highest BCUT2D eigenvalue weighted by atomic mass is 32.1. The summed E-state index contributed by atoms with van der Waals surface area (Å²) in [6.45, 7) is 2.28. The molecule has 1 aromatic carbocycles. The second kappa shape index (κ2) is 10.3. The van der Waals surface area contributed by atoms with Gasteiger partial charge >= 0.3 is 0 Å². The number of halogens is 2. The Morgan fingerprint density at radius 2 is 1.91 bits per heavy atom. The maximum absolute atomic E-state index is 15.0. The van der Waals surface area contributed by atoms with Crippen LogP contribution >= 0.6 is 12.2 Å². The predicted octanol–water partition coefficient (Wildman–Crippen LogP) is 0.478. The minimum atomic E-state index is -0.775. The van der Waals surface area contributed by atoms with Crippen molar-refractivity contribution < 1.29 is 23.1 Å². The molecule has 1 unspecified atom stereocenters. The summed E-state index contributed by atoms with van der Waals surface area (Å²) >= 11 is 5.02. The number of nitrogens with zero attached hydrogens (tertiary/aromatic N) is 4. The molecule has 10 nitrogen and oxygen atoms in total. The Bertz CT molecular complexity index is 958. The van der Waals surface area contributed by atoms with Crippen molar-refractivity contribution >= 4 is 34.9 Å². The number of H-pyrrole nitrogens is 1. The van der Waals surface area contributed by atoms with E-state index in [4.69, 9.17) is 17.0 Å². The predicted molar refractivity (Wildman–Crippen MR) is 115 cm³/mol. The second-order valence-electron chi connectivity index (χ2n) is 7.07. The number of ether oxygens (including phenoxy) is 1. The van der Waals surface area contributed by atoms with Crippen molar-refractivity contribution in [3.8, 4) is 0 Å². The summed E-state index contributed by atoms with van der Waals surface area (Å²) in [5, 5.41) is 15.5. The highest BCUT2D eigenvalue weighted by Gasteiger charge is 2.27. The van der Waals surface area contributed by atoms with Crippen LogP contribution in [0.15, 0.2) is 18.3 Å². The second-order valence-corrected chi connectivity index (χ2v) is 7.45. The number of thiocarbonyl (C=S) groups is 1. The molecule has 1 fully saturated rings. The van der Waals surface area contributed by atoms with E-state index < -0.39 is 17.7 Å². The zero-order valence-corrected chi connectivity index (χ0v) is 18.3. The molecule has 2 amide bonds. The summed E-state index contributed by atoms with van der Waals surface area (Å²) in [6.07, 6.45) is 1.41. The van der Waals surface area contributed by atoms with Gasteiger partial charge in [-0.25, -0.2) is 8.78 Å². The van der Waals surface area contributed by atoms with Gasteiger partial charge in [0.2, 0.25) is 11.8 Å². The molecule has 172 valence electrons. The van der Waals surface area contributed by atoms with Crippen LogP contribution in [-0.2, 0) is 14.3 Å². The van der Waals surface area contributed by atoms with Crippen LogP contribution in [0.1, 0.15) is 24.2 Å². The van der Waals surface area contributed by atoms with Gasteiger partial charge in [-0.3, -0.25) is 9.59 Å². The van der Waals surface area contributed by atoms with Gasteiger partial charge in [-0.05, 0) is 29.9 Å². The third-order valence-corrected chi connectivity index (χ3v) is 5.27. The normalized spacial score (nSPS) is 14.6. The number of aromatic amines is 1. The summed E-state index contributed by atoms with van der Waals surface area (Å²) in [5.41, 5.74) is 0.458. The highest BCUT2D eigenvalue weighted by Crippen LogP contribution is 2.30. The number of piperazine rings is 1. The molecule has 1 aliphatic heterocycles. The Balaban J connectivity index is 1.75. The molecular formula is C19H23F2N7O3S. The van der Waals surface area contributed by atoms with E-state index in [0.29, 0.717) is 5.69 Å². The van der Waals surface area contributed by atoms with Crippen LogP contribution in [0.2, 0.25) is 0 Å². The number of nitrogens with one attached hydrogen (secondary N) is 3. The first-order valence-corrected chi connectivity index (χ1v) is 10.2. The number of aromatic nitrogens is 3. The monoisotopic (exact) mass is 467 g/mol. The van der Waals surface area contributed by atoms with Crippen LogP contribution in [0, 0.1) is 11.6 Å². The van der Waals surface area contributed by atoms with Crippen molar-refractivity contribution in [2.45, 2.75) is 13.0 Å². The fourth-order valence-electron chi connectivity index (χ4n) is 3.40. The third kappa shape index (κ3) is 5.46. The maximum atomic E-state index is 15.0. The van der Waals surface area contributed by atoms with Crippen LogP contribution in [0.5, 0.6) is 0 Å². The molecule has 2 heterocycles. The molecule has 0 aliphatic carbocycles. The van der Waals surface area contributed by atoms with Crippen LogP contribution in [-0.4, -0.2) is 77.1 Å². The average molecular weight is 468 g/mol. The van der Waals surface area contributed by atoms with Crippen molar-refractivity contribution in [3.63, 3.8) is 0 Å². The average Bonchev–Trinajstić information content (AvgIpc) is 3.30. The molecule has 0 bridgehead atoms. The number of hydrogen-bond acceptors (Lipinski definition) is 7. The topological polar surface area (TPSA) is 115 Å². The quantitative estimate of drug-likeness (QED) is 0.526. The first kappa shape index (κ1) is 23.3. The SMILES string of the molecule is COC(=S)NC(c1cc(F)c(N2CCN(C(=O)CNC(C)=O)CC2)c(F)c1)c1cn[nH]n1. The number of methoxy groups -OCH3 is 1. The van der Waals surface area contributed by atoms with E-state index >= 15 is 8.78 Å². The molecule has 3 rings (SSSR count). The van der Waals surface area contributed by atoms with E-state index in [1.165, 1.54) is 32.4 Å². The van der Waals surface area contributed by atoms with E-state index in [9.17, 15) is 9.59 Å². The molecule has 1 aliphatic rings. The molecule has 1 atom stereocenters. The third-order valence-electron chi connectivity index (χ3n) is 4.99. The van der Waals surface area contributed by atoms with Gasteiger partial charge in [0.25, 0.3) is 5.17 Å². The Morgan fingerprint density at radius 1 is 1.25 bits per heavy atom. The summed E-state index contributed by atoms with van der Waals surface area (Å²) in [7, 11) is 1.38. The first-order chi connectivity index (χ1) is 15.3. The van der Waals surface area contributed by atoms with Crippen molar-refractivity contribution in [2.24, 2.45) is 0 Å². The molecular weight excluding hydrogens is 444 g/mol. The molecule has 1 aromatic heterocycles. The summed E-state index contributed by atoms with van der Waals surface area (Å²) < 4.78 is 35.0. The van der Waals surface area contributed by atoms with Gasteiger partial charge in [-0.15, -0.1) is 0 Å². The van der Waals surface area contributed by atoms with Gasteiger partial charge in [0.05, 0.1) is 19.9 Å². The number of hydrogen-bond donors (Lipinski definition) is 3. The number of rotatable bonds is 6. The minimum absolute atomic E-state index is 0.0305. The molecule has 0 spiro atoms. The molecule has 0 radical (unpaired) electrons. The van der Waals surface area contributed by atoms with E-state index in [-0.39, 0.29) is 61.0 Å². The minimum Gasteiger partial charge on any atom is -0.474 e. The molecule has 0 saturated carbocycles. The molecule has 1 saturated heterocycles. The number of anilines is 1. The van der Waals surface area contributed by atoms with Crippen molar-refractivity contribution in [1.82, 2.24) is 30.9 Å². The van der Waals surface area contributed by atoms with Crippen molar-refractivity contribution in [3.05, 3.63) is 41.2 Å². The largest absolute Gasteiger partial charge is 0.474 e. The zero-order valence-electron chi connectivity index (χ0n) is 17.5. The van der Waals surface area contributed by atoms with E-state index in [1.54, 1.807) is 9.80 Å². The van der Waals surface area contributed by atoms with Gasteiger partial charge in [-0.2, -0.15) is 15.4 Å². The number of amides is 2. The summed E-state index contributed by atoms with van der Waals surface area (Å²) in [5.74, 6) is -2.05. The summed E-state index contributed by atoms with van der Waals surface area (Å²) in [6, 6.07) is 1.64. The van der Waals surface area contributed by atoms with Crippen LogP contribution in [0.4, 0.5) is 14.5 Å². The fourth-order valence-corrected chi connectivity index (χ4v) is 3.52. The van der Waals surface area contributed by atoms with Crippen LogP contribution < -0.4 is 15.5 Å². The fraction of sp³-hybridized carbons (Fsp3) is 0.421. The van der Waals surface area contributed by atoms with Gasteiger partial charge in [0, 0.05) is 33.1 Å². The Labute approximate surface area is 188 Å². The Kier molecular flexibility index (Phi) is 7.51. The Morgan fingerprint density at radius 3 is 2.44 bits per heavy atom. The number of carbonyl (C=O) groups is 2.